The van der Waals surface area contributed by atoms with Gasteiger partial charge in [-0.3, -0.25) is 0 Å². The van der Waals surface area contributed by atoms with Crippen LogP contribution in [-0.2, 0) is 13.3 Å². The Morgan fingerprint density at radius 2 is 1.67 bits per heavy atom. The van der Waals surface area contributed by atoms with Gasteiger partial charge < -0.3 is 13.3 Å². The molecule has 0 aromatic rings. The summed E-state index contributed by atoms with van der Waals surface area (Å²) in [5, 5.41) is 0. The van der Waals surface area contributed by atoms with Gasteiger partial charge in [0.25, 0.3) is 5.97 Å². The van der Waals surface area contributed by atoms with E-state index >= 15 is 0 Å². The van der Waals surface area contributed by atoms with Gasteiger partial charge in [-0.05, 0) is 32.6 Å². The lowest BCUT2D eigenvalue weighted by Crippen LogP contribution is -2.44. The molecule has 0 amide bonds. The van der Waals surface area contributed by atoms with E-state index in [1.54, 1.807) is 0 Å². The van der Waals surface area contributed by atoms with E-state index in [1.807, 2.05) is 6.08 Å². The van der Waals surface area contributed by atoms with Crippen LogP contribution in [0.1, 0.15) is 12.8 Å². The minimum atomic E-state index is -1.15. The van der Waals surface area contributed by atoms with Gasteiger partial charge in [0.05, 0.1) is 0 Å². The molecule has 0 radical (unpaired) electrons. The van der Waals surface area contributed by atoms with E-state index in [4.69, 9.17) is 13.3 Å². The minimum absolute atomic E-state index is 0.634. The quantitative estimate of drug-likeness (QED) is 0.370. The molecule has 0 saturated carbocycles. The number of hydrogen-bond acceptors (Lipinski definition) is 3. The highest BCUT2D eigenvalue weighted by Crippen LogP contribution is 2.23. The van der Waals surface area contributed by atoms with Gasteiger partial charge in [-0.15, -0.1) is 6.58 Å². The van der Waals surface area contributed by atoms with Crippen molar-refractivity contribution in [1.29, 1.82) is 0 Å². The molecule has 0 aromatic heterocycles. The van der Waals surface area contributed by atoms with Crippen LogP contribution in [0.15, 0.2) is 12.7 Å². The fourth-order valence-corrected chi connectivity index (χ4v) is 4.21. The van der Waals surface area contributed by atoms with Gasteiger partial charge in [0.1, 0.15) is 0 Å². The third-order valence-electron chi connectivity index (χ3n) is 1.80. The molecule has 0 heterocycles. The normalized spacial score (nSPS) is 12.7. The van der Waals surface area contributed by atoms with Crippen molar-refractivity contribution in [2.24, 2.45) is 0 Å². The Morgan fingerprint density at radius 3 is 1.93 bits per heavy atom. The van der Waals surface area contributed by atoms with Crippen molar-refractivity contribution in [3.63, 3.8) is 0 Å². The molecule has 0 atom stereocenters. The average molecular weight is 265 g/mol. The first-order valence-corrected chi connectivity index (χ1v) is 11.8. The third kappa shape index (κ3) is 6.44. The summed E-state index contributed by atoms with van der Waals surface area (Å²) >= 11 is 0. The summed E-state index contributed by atoms with van der Waals surface area (Å²) in [6.07, 6.45) is 3.51. The van der Waals surface area contributed by atoms with Gasteiger partial charge in [-0.1, -0.05) is 6.08 Å². The van der Waals surface area contributed by atoms with Crippen LogP contribution in [0.3, 0.4) is 0 Å². The summed E-state index contributed by atoms with van der Waals surface area (Å²) in [5.74, 6) is -0.749. The molecule has 0 N–H and O–H groups in total. The molecule has 0 aliphatic carbocycles. The van der Waals surface area contributed by atoms with E-state index in [-0.39, 0.29) is 0 Å². The topological polar surface area (TPSA) is 27.7 Å². The molecule has 6 heteroatoms. The third-order valence-corrected chi connectivity index (χ3v) is 4.08. The summed E-state index contributed by atoms with van der Waals surface area (Å²) in [7, 11) is -1.68. The standard InChI is InChI=1S/C9H24O3Si3/c1-6-7-8-9(10-13,11-14(2)3)12-15(4)5/h6,14-15H,1,7-8H2,2-5,13H3. The van der Waals surface area contributed by atoms with E-state index in [2.05, 4.69) is 32.8 Å². The molecule has 90 valence electrons. The van der Waals surface area contributed by atoms with Gasteiger partial charge in [0.2, 0.25) is 0 Å². The molecule has 15 heavy (non-hydrogen) atoms. The highest BCUT2D eigenvalue weighted by atomic mass is 28.3. The van der Waals surface area contributed by atoms with Crippen molar-refractivity contribution in [2.75, 3.05) is 0 Å². The van der Waals surface area contributed by atoms with Crippen LogP contribution in [0.2, 0.25) is 26.2 Å². The molecule has 0 bridgehead atoms. The minimum Gasteiger partial charge on any atom is -0.382 e. The molecule has 0 aromatic carbocycles. The predicted octanol–water partition coefficient (Wildman–Crippen LogP) is 0.903. The summed E-state index contributed by atoms with van der Waals surface area (Å²) in [6, 6.07) is 0. The van der Waals surface area contributed by atoms with Gasteiger partial charge in [0, 0.05) is 6.42 Å². The fraction of sp³-hybridized carbons (Fsp3) is 0.778. The van der Waals surface area contributed by atoms with E-state index in [0.717, 1.165) is 12.8 Å². The zero-order valence-corrected chi connectivity index (χ0v) is 14.9. The number of rotatable bonds is 8. The molecule has 0 fully saturated rings. The zero-order chi connectivity index (χ0) is 11.9. The molecule has 0 saturated heterocycles. The van der Waals surface area contributed by atoms with Crippen LogP contribution in [0, 0.1) is 0 Å². The van der Waals surface area contributed by atoms with Crippen LogP contribution in [-0.4, -0.2) is 34.5 Å². The first kappa shape index (κ1) is 15.3. The van der Waals surface area contributed by atoms with Crippen LogP contribution in [0.4, 0.5) is 0 Å². The first-order valence-electron chi connectivity index (χ1n) is 5.47. The smallest absolute Gasteiger partial charge is 0.253 e. The summed E-state index contributed by atoms with van der Waals surface area (Å²) in [5.41, 5.74) is 0. The molecule has 0 spiro atoms. The predicted molar refractivity (Wildman–Crippen MR) is 73.1 cm³/mol. The van der Waals surface area contributed by atoms with Gasteiger partial charge in [-0.2, -0.15) is 0 Å². The fourth-order valence-electron chi connectivity index (χ4n) is 1.34. The second kappa shape index (κ2) is 7.53. The Labute approximate surface area is 99.8 Å². The molecular formula is C9H24O3Si3. The van der Waals surface area contributed by atoms with E-state index in [9.17, 15) is 0 Å². The molecule has 3 nitrogen and oxygen atoms in total. The SMILES string of the molecule is C=CCCC(O[SiH3])(O[SiH](C)C)O[SiH](C)C. The summed E-state index contributed by atoms with van der Waals surface area (Å²) < 4.78 is 17.4. The Bertz CT molecular complexity index is 175. The Morgan fingerprint density at radius 1 is 1.20 bits per heavy atom. The Balaban J connectivity index is 4.50. The van der Waals surface area contributed by atoms with E-state index < -0.39 is 24.1 Å². The van der Waals surface area contributed by atoms with Crippen LogP contribution < -0.4 is 0 Å². The van der Waals surface area contributed by atoms with Crippen LogP contribution >= 0.6 is 0 Å². The highest BCUT2D eigenvalue weighted by molar-refractivity contribution is 6.49. The van der Waals surface area contributed by atoms with E-state index in [1.165, 1.54) is 0 Å². The molecule has 0 aliphatic heterocycles. The molecule has 0 aliphatic rings. The lowest BCUT2D eigenvalue weighted by atomic mass is 10.3. The number of allylic oxidation sites excluding steroid dienone is 1. The second-order valence-electron chi connectivity index (χ2n) is 4.05. The first-order chi connectivity index (χ1) is 6.95. The lowest BCUT2D eigenvalue weighted by molar-refractivity contribution is -0.261. The largest absolute Gasteiger partial charge is 0.382 e. The second-order valence-corrected chi connectivity index (χ2v) is 9.12. The molecular weight excluding hydrogens is 240 g/mol. The molecule has 0 unspecified atom stereocenters. The van der Waals surface area contributed by atoms with Crippen molar-refractivity contribution in [3.8, 4) is 0 Å². The maximum Gasteiger partial charge on any atom is 0.253 e. The highest BCUT2D eigenvalue weighted by Gasteiger charge is 2.32. The van der Waals surface area contributed by atoms with Crippen molar-refractivity contribution in [1.82, 2.24) is 0 Å². The van der Waals surface area contributed by atoms with Crippen molar-refractivity contribution in [2.45, 2.75) is 45.0 Å². The zero-order valence-electron chi connectivity index (χ0n) is 10.6. The maximum atomic E-state index is 5.92. The lowest BCUT2D eigenvalue weighted by Gasteiger charge is -2.36. The van der Waals surface area contributed by atoms with Crippen molar-refractivity contribution in [3.05, 3.63) is 12.7 Å². The van der Waals surface area contributed by atoms with Crippen molar-refractivity contribution < 1.29 is 13.3 Å². The monoisotopic (exact) mass is 264 g/mol. The van der Waals surface area contributed by atoms with Gasteiger partial charge in [0.15, 0.2) is 28.6 Å². The van der Waals surface area contributed by atoms with E-state index in [0.29, 0.717) is 10.5 Å². The van der Waals surface area contributed by atoms with Crippen molar-refractivity contribution >= 4 is 28.6 Å². The Kier molecular flexibility index (Phi) is 7.66. The van der Waals surface area contributed by atoms with Gasteiger partial charge >= 0.3 is 0 Å². The Hall–Kier alpha value is 0.271. The summed E-state index contributed by atoms with van der Waals surface area (Å²) in [4.78, 5) is 0. The van der Waals surface area contributed by atoms with Gasteiger partial charge in [-0.25, -0.2) is 0 Å². The van der Waals surface area contributed by atoms with Crippen LogP contribution in [0.5, 0.6) is 0 Å². The maximum absolute atomic E-state index is 5.92. The van der Waals surface area contributed by atoms with Crippen LogP contribution in [0.25, 0.3) is 0 Å². The summed E-state index contributed by atoms with van der Waals surface area (Å²) in [6.45, 7) is 12.3. The average Bonchev–Trinajstić information content (AvgIpc) is 2.12. The molecule has 0 rings (SSSR count). The number of hydrogen-bond donors (Lipinski definition) is 0.